The van der Waals surface area contributed by atoms with Crippen molar-refractivity contribution in [3.63, 3.8) is 0 Å². The molecule has 0 saturated carbocycles. The van der Waals surface area contributed by atoms with Crippen LogP contribution in [0.2, 0.25) is 0 Å². The molecule has 0 aliphatic heterocycles. The smallest absolute Gasteiger partial charge is 0.131 e. The maximum atomic E-state index is 10.2. The first kappa shape index (κ1) is 9.11. The topological polar surface area (TPSA) is 69.6 Å². The normalized spacial score (nSPS) is 17.2. The molecule has 0 fully saturated rings. The molecule has 1 atom stereocenters. The average molecular weight is 153 g/mol. The maximum Gasteiger partial charge on any atom is 0.131 e. The van der Waals surface area contributed by atoms with Gasteiger partial charge in [-0.1, -0.05) is 0 Å². The van der Waals surface area contributed by atoms with E-state index in [0.29, 0.717) is 6.42 Å². The SMILES string of the molecule is CP(=O)([O-])OCCCO. The molecule has 1 N–H and O–H groups in total. The number of aliphatic hydroxyl groups excluding tert-OH is 1. The van der Waals surface area contributed by atoms with Crippen LogP contribution in [-0.4, -0.2) is 25.0 Å². The van der Waals surface area contributed by atoms with Crippen LogP contribution in [0.4, 0.5) is 0 Å². The van der Waals surface area contributed by atoms with Gasteiger partial charge in [0.1, 0.15) is 7.60 Å². The maximum absolute atomic E-state index is 10.2. The highest BCUT2D eigenvalue weighted by molar-refractivity contribution is 7.50. The van der Waals surface area contributed by atoms with E-state index in [4.69, 9.17) is 5.11 Å². The van der Waals surface area contributed by atoms with Crippen LogP contribution in [0, 0.1) is 0 Å². The third-order valence-electron chi connectivity index (χ3n) is 0.628. The summed E-state index contributed by atoms with van der Waals surface area (Å²) in [6.07, 6.45) is 0.361. The van der Waals surface area contributed by atoms with E-state index in [1.54, 1.807) is 0 Å². The van der Waals surface area contributed by atoms with Crippen molar-refractivity contribution in [3.8, 4) is 0 Å². The Morgan fingerprint density at radius 3 is 2.67 bits per heavy atom. The van der Waals surface area contributed by atoms with E-state index >= 15 is 0 Å². The molecule has 0 bridgehead atoms. The van der Waals surface area contributed by atoms with E-state index in [0.717, 1.165) is 6.66 Å². The van der Waals surface area contributed by atoms with Crippen LogP contribution in [0.1, 0.15) is 6.42 Å². The van der Waals surface area contributed by atoms with Crippen molar-refractivity contribution in [2.24, 2.45) is 0 Å². The Balaban J connectivity index is 3.18. The van der Waals surface area contributed by atoms with Gasteiger partial charge in [-0.05, 0) is 6.42 Å². The largest absolute Gasteiger partial charge is 0.779 e. The van der Waals surface area contributed by atoms with E-state index in [1.165, 1.54) is 0 Å². The zero-order valence-corrected chi connectivity index (χ0v) is 6.13. The molecular formula is C4H10O4P-. The Hall–Kier alpha value is 0.110. The zero-order chi connectivity index (χ0) is 7.33. The third kappa shape index (κ3) is 8.11. The number of aliphatic hydroxyl groups is 1. The van der Waals surface area contributed by atoms with Gasteiger partial charge in [0.05, 0.1) is 6.61 Å². The summed E-state index contributed by atoms with van der Waals surface area (Å²) in [7, 11) is -3.56. The molecule has 4 nitrogen and oxygen atoms in total. The summed E-state index contributed by atoms with van der Waals surface area (Å²) in [6.45, 7) is 1.04. The molecule has 0 aromatic rings. The Kier molecular flexibility index (Phi) is 4.06. The van der Waals surface area contributed by atoms with Crippen molar-refractivity contribution >= 4 is 7.60 Å². The van der Waals surface area contributed by atoms with Crippen LogP contribution >= 0.6 is 7.60 Å². The van der Waals surface area contributed by atoms with Crippen molar-refractivity contribution in [2.75, 3.05) is 19.9 Å². The van der Waals surface area contributed by atoms with Crippen molar-refractivity contribution in [2.45, 2.75) is 6.42 Å². The third-order valence-corrected chi connectivity index (χ3v) is 1.28. The number of rotatable bonds is 4. The van der Waals surface area contributed by atoms with Crippen molar-refractivity contribution < 1.29 is 19.1 Å². The summed E-state index contributed by atoms with van der Waals surface area (Å²) in [5.74, 6) is 0. The average Bonchev–Trinajstić information content (AvgIpc) is 1.63. The van der Waals surface area contributed by atoms with Crippen molar-refractivity contribution in [1.29, 1.82) is 0 Å². The Morgan fingerprint density at radius 1 is 1.78 bits per heavy atom. The molecule has 5 heteroatoms. The van der Waals surface area contributed by atoms with Gasteiger partial charge >= 0.3 is 0 Å². The second kappa shape index (κ2) is 4.01. The monoisotopic (exact) mass is 153 g/mol. The van der Waals surface area contributed by atoms with Crippen LogP contribution in [0.15, 0.2) is 0 Å². The highest BCUT2D eigenvalue weighted by Crippen LogP contribution is 2.30. The minimum Gasteiger partial charge on any atom is -0.779 e. The Labute approximate surface area is 54.0 Å². The van der Waals surface area contributed by atoms with Crippen LogP contribution in [0.5, 0.6) is 0 Å². The van der Waals surface area contributed by atoms with Crippen LogP contribution in [-0.2, 0) is 9.09 Å². The molecule has 0 radical (unpaired) electrons. The Bertz CT molecular complexity index is 107. The number of hydrogen-bond acceptors (Lipinski definition) is 4. The van der Waals surface area contributed by atoms with Crippen LogP contribution in [0.25, 0.3) is 0 Å². The van der Waals surface area contributed by atoms with Gasteiger partial charge < -0.3 is 19.1 Å². The summed E-state index contributed by atoms with van der Waals surface area (Å²) < 4.78 is 14.5. The lowest BCUT2D eigenvalue weighted by atomic mass is 10.5. The first-order valence-electron chi connectivity index (χ1n) is 2.60. The highest BCUT2D eigenvalue weighted by atomic mass is 31.2. The molecule has 0 spiro atoms. The lowest BCUT2D eigenvalue weighted by Gasteiger charge is -2.16. The molecule has 0 aliphatic rings. The quantitative estimate of drug-likeness (QED) is 0.439. The highest BCUT2D eigenvalue weighted by Gasteiger charge is 1.95. The molecule has 0 amide bonds. The first-order chi connectivity index (χ1) is 4.06. The van der Waals surface area contributed by atoms with Crippen molar-refractivity contribution in [1.82, 2.24) is 0 Å². The Morgan fingerprint density at radius 2 is 2.33 bits per heavy atom. The molecule has 0 rings (SSSR count). The molecule has 9 heavy (non-hydrogen) atoms. The van der Waals surface area contributed by atoms with Gasteiger partial charge in [-0.3, -0.25) is 0 Å². The van der Waals surface area contributed by atoms with Gasteiger partial charge in [0.15, 0.2) is 0 Å². The summed E-state index contributed by atoms with van der Waals surface area (Å²) in [5, 5.41) is 8.19. The predicted octanol–water partition coefficient (Wildman–Crippen LogP) is -0.431. The van der Waals surface area contributed by atoms with E-state index in [1.807, 2.05) is 0 Å². The van der Waals surface area contributed by atoms with Crippen LogP contribution < -0.4 is 4.89 Å². The summed E-state index contributed by atoms with van der Waals surface area (Å²) in [6, 6.07) is 0. The molecule has 0 heterocycles. The van der Waals surface area contributed by atoms with Gasteiger partial charge in [-0.25, -0.2) is 0 Å². The molecule has 1 unspecified atom stereocenters. The fourth-order valence-corrected chi connectivity index (χ4v) is 0.756. The molecule has 0 saturated heterocycles. The number of hydrogen-bond donors (Lipinski definition) is 1. The summed E-state index contributed by atoms with van der Waals surface area (Å²) >= 11 is 0. The van der Waals surface area contributed by atoms with Crippen LogP contribution in [0.3, 0.4) is 0 Å². The molecule has 56 valence electrons. The summed E-state index contributed by atoms with van der Waals surface area (Å²) in [5.41, 5.74) is 0. The van der Waals surface area contributed by atoms with E-state index < -0.39 is 7.60 Å². The molecule has 0 aromatic heterocycles. The van der Waals surface area contributed by atoms with Crippen molar-refractivity contribution in [3.05, 3.63) is 0 Å². The van der Waals surface area contributed by atoms with Gasteiger partial charge in [-0.15, -0.1) is 0 Å². The van der Waals surface area contributed by atoms with E-state index in [9.17, 15) is 9.46 Å². The van der Waals surface area contributed by atoms with Gasteiger partial charge in [0, 0.05) is 13.3 Å². The van der Waals surface area contributed by atoms with E-state index in [-0.39, 0.29) is 13.2 Å². The van der Waals surface area contributed by atoms with E-state index in [2.05, 4.69) is 4.52 Å². The molecule has 0 aromatic carbocycles. The molecule has 0 aliphatic carbocycles. The minimum atomic E-state index is -3.56. The fraction of sp³-hybridized carbons (Fsp3) is 1.00. The predicted molar refractivity (Wildman–Crippen MR) is 31.2 cm³/mol. The summed E-state index contributed by atoms with van der Waals surface area (Å²) in [4.78, 5) is 10.2. The van der Waals surface area contributed by atoms with Gasteiger partial charge in [0.2, 0.25) is 0 Å². The molecular weight excluding hydrogens is 143 g/mol. The fourth-order valence-electron chi connectivity index (χ4n) is 0.295. The first-order valence-corrected chi connectivity index (χ1v) is 4.59. The zero-order valence-electron chi connectivity index (χ0n) is 5.24. The standard InChI is InChI=1S/C4H11O4P/c1-9(6,7)8-4-2-3-5/h5H,2-4H2,1H3,(H,6,7)/p-1. The lowest BCUT2D eigenvalue weighted by molar-refractivity contribution is -0.196. The second-order valence-corrected chi connectivity index (χ2v) is 3.48. The lowest BCUT2D eigenvalue weighted by Crippen LogP contribution is -2.04. The minimum absolute atomic E-state index is 0.0417. The van der Waals surface area contributed by atoms with Gasteiger partial charge in [-0.2, -0.15) is 0 Å². The van der Waals surface area contributed by atoms with Gasteiger partial charge in [0.25, 0.3) is 0 Å². The second-order valence-electron chi connectivity index (χ2n) is 1.68.